The van der Waals surface area contributed by atoms with Crippen LogP contribution in [0.25, 0.3) is 6.08 Å². The highest BCUT2D eigenvalue weighted by Gasteiger charge is 2.04. The van der Waals surface area contributed by atoms with E-state index in [9.17, 15) is 10.2 Å². The van der Waals surface area contributed by atoms with Gasteiger partial charge in [-0.2, -0.15) is 0 Å². The van der Waals surface area contributed by atoms with E-state index in [0.717, 1.165) is 16.5 Å². The van der Waals surface area contributed by atoms with Gasteiger partial charge in [-0.15, -0.1) is 0 Å². The molecule has 5 nitrogen and oxygen atoms in total. The quantitative estimate of drug-likeness (QED) is 0.622. The molecular formula is C20H19NO4Si. The minimum absolute atomic E-state index is 0.130. The first-order valence-corrected chi connectivity index (χ1v) is 9.38. The van der Waals surface area contributed by atoms with Crippen LogP contribution in [-0.2, 0) is 0 Å². The molecule has 1 heterocycles. The van der Waals surface area contributed by atoms with Gasteiger partial charge in [0.15, 0.2) is 11.5 Å². The molecule has 0 amide bonds. The summed E-state index contributed by atoms with van der Waals surface area (Å²) < 4.78 is 5.53. The van der Waals surface area contributed by atoms with E-state index >= 15 is 0 Å². The molecule has 3 N–H and O–H groups in total. The van der Waals surface area contributed by atoms with Crippen molar-refractivity contribution in [3.05, 3.63) is 84.6 Å². The van der Waals surface area contributed by atoms with E-state index in [1.165, 1.54) is 0 Å². The number of fused-ring (bicyclic) bond motifs is 1. The van der Waals surface area contributed by atoms with Crippen molar-refractivity contribution in [1.29, 1.82) is 0 Å². The fourth-order valence-electron chi connectivity index (χ4n) is 2.30. The summed E-state index contributed by atoms with van der Waals surface area (Å²) in [4.78, 5) is 5.09. The van der Waals surface area contributed by atoms with E-state index in [1.807, 2.05) is 42.5 Å². The third-order valence-corrected chi connectivity index (χ3v) is 5.02. The molecule has 0 fully saturated rings. The van der Waals surface area contributed by atoms with Crippen LogP contribution in [0.5, 0.6) is 23.0 Å². The highest BCUT2D eigenvalue weighted by molar-refractivity contribution is 6.49. The molecular weight excluding hydrogens is 346 g/mol. The molecule has 6 heteroatoms. The van der Waals surface area contributed by atoms with Crippen LogP contribution in [0.2, 0.25) is 0 Å². The van der Waals surface area contributed by atoms with E-state index in [0.29, 0.717) is 5.75 Å². The minimum atomic E-state index is -1.07. The number of hydrogen-bond donors (Lipinski definition) is 3. The van der Waals surface area contributed by atoms with Crippen LogP contribution in [0.15, 0.2) is 79.0 Å². The van der Waals surface area contributed by atoms with Crippen molar-refractivity contribution >= 4 is 21.0 Å². The number of aromatic hydroxyl groups is 2. The third kappa shape index (κ3) is 4.58. The molecule has 1 aliphatic rings. The molecule has 0 unspecified atom stereocenters. The first-order valence-electron chi connectivity index (χ1n) is 8.09. The Balaban J connectivity index is 0.000000167. The molecule has 4 rings (SSSR count). The first kappa shape index (κ1) is 17.4. The maximum absolute atomic E-state index is 9.55. The van der Waals surface area contributed by atoms with Crippen molar-refractivity contribution in [1.82, 2.24) is 5.48 Å². The molecule has 0 spiro atoms. The summed E-state index contributed by atoms with van der Waals surface area (Å²) >= 11 is 0. The molecule has 0 saturated heterocycles. The summed E-state index contributed by atoms with van der Waals surface area (Å²) in [6, 6.07) is 21.8. The summed E-state index contributed by atoms with van der Waals surface area (Å²) in [6.45, 7) is 0. The molecule has 3 aromatic carbocycles. The second-order valence-electron chi connectivity index (χ2n) is 5.48. The standard InChI is InChI=1S/C12H12O3Si.C8H7NO/c13-9-5-1-3-7-11(9)15-16-12-8-4-2-6-10(12)14;1-2-4-8-7(3-1)5-6-9-10-8/h1-8,13-14H,16H2;1-6,9H. The van der Waals surface area contributed by atoms with E-state index in [1.54, 1.807) is 42.6 Å². The van der Waals surface area contributed by atoms with E-state index in [-0.39, 0.29) is 11.5 Å². The molecule has 0 bridgehead atoms. The fourth-order valence-corrected chi connectivity index (χ4v) is 3.35. The number of hydroxylamine groups is 1. The predicted molar refractivity (Wildman–Crippen MR) is 104 cm³/mol. The minimum Gasteiger partial charge on any atom is -0.542 e. The smallest absolute Gasteiger partial charge is 0.255 e. The predicted octanol–water partition coefficient (Wildman–Crippen LogP) is 2.44. The van der Waals surface area contributed by atoms with Gasteiger partial charge in [0.25, 0.3) is 9.76 Å². The van der Waals surface area contributed by atoms with Crippen LogP contribution >= 0.6 is 0 Å². The molecule has 26 heavy (non-hydrogen) atoms. The summed E-state index contributed by atoms with van der Waals surface area (Å²) in [5.74, 6) is 1.73. The zero-order valence-corrected chi connectivity index (χ0v) is 15.4. The lowest BCUT2D eigenvalue weighted by atomic mass is 10.2. The SMILES string of the molecule is C1=Cc2ccccc2ON1.Oc1ccccc1O[SiH2]c1ccccc1O. The van der Waals surface area contributed by atoms with Crippen molar-refractivity contribution in [3.8, 4) is 23.0 Å². The third-order valence-electron chi connectivity index (χ3n) is 3.66. The van der Waals surface area contributed by atoms with Crippen LogP contribution in [0.3, 0.4) is 0 Å². The second-order valence-corrected chi connectivity index (χ2v) is 6.82. The Morgan fingerprint density at radius 1 is 0.808 bits per heavy atom. The Morgan fingerprint density at radius 2 is 1.50 bits per heavy atom. The Kier molecular flexibility index (Phi) is 5.79. The van der Waals surface area contributed by atoms with Gasteiger partial charge < -0.3 is 19.5 Å². The number of para-hydroxylation sites is 4. The number of hydrogen-bond acceptors (Lipinski definition) is 5. The van der Waals surface area contributed by atoms with Gasteiger partial charge in [-0.25, -0.2) is 5.48 Å². The fraction of sp³-hybridized carbons (Fsp3) is 0. The van der Waals surface area contributed by atoms with Gasteiger partial charge in [0.1, 0.15) is 11.5 Å². The summed E-state index contributed by atoms with van der Waals surface area (Å²) in [5.41, 5.74) is 3.77. The van der Waals surface area contributed by atoms with Gasteiger partial charge in [0.05, 0.1) is 0 Å². The Labute approximate surface area is 154 Å². The monoisotopic (exact) mass is 365 g/mol. The first-order chi connectivity index (χ1) is 12.7. The van der Waals surface area contributed by atoms with Crippen molar-refractivity contribution in [2.45, 2.75) is 0 Å². The number of phenols is 2. The van der Waals surface area contributed by atoms with E-state index in [4.69, 9.17) is 9.26 Å². The molecule has 3 aromatic rings. The van der Waals surface area contributed by atoms with Gasteiger partial charge in [0, 0.05) is 17.0 Å². The molecule has 132 valence electrons. The highest BCUT2D eigenvalue weighted by atomic mass is 28.2. The van der Waals surface area contributed by atoms with Crippen LogP contribution in [0.1, 0.15) is 5.56 Å². The van der Waals surface area contributed by atoms with Crippen LogP contribution < -0.4 is 19.9 Å². The Bertz CT molecular complexity index is 853. The van der Waals surface area contributed by atoms with Crippen molar-refractivity contribution < 1.29 is 19.5 Å². The molecule has 0 saturated carbocycles. The van der Waals surface area contributed by atoms with Crippen molar-refractivity contribution in [3.63, 3.8) is 0 Å². The Morgan fingerprint density at radius 3 is 2.27 bits per heavy atom. The lowest BCUT2D eigenvalue weighted by molar-refractivity contribution is 0.239. The van der Waals surface area contributed by atoms with Crippen LogP contribution in [-0.4, -0.2) is 20.0 Å². The zero-order chi connectivity index (χ0) is 18.2. The van der Waals surface area contributed by atoms with Gasteiger partial charge >= 0.3 is 0 Å². The van der Waals surface area contributed by atoms with Crippen molar-refractivity contribution in [2.75, 3.05) is 0 Å². The lowest BCUT2D eigenvalue weighted by Gasteiger charge is -2.11. The Hall–Kier alpha value is -3.38. The van der Waals surface area contributed by atoms with Crippen LogP contribution in [0.4, 0.5) is 0 Å². The topological polar surface area (TPSA) is 71.0 Å². The number of phenolic OH excluding ortho intramolecular Hbond substituents is 2. The second kappa shape index (κ2) is 8.64. The lowest BCUT2D eigenvalue weighted by Crippen LogP contribution is -2.20. The largest absolute Gasteiger partial charge is 0.542 e. The molecule has 0 aliphatic carbocycles. The van der Waals surface area contributed by atoms with Crippen LogP contribution in [0, 0.1) is 0 Å². The number of rotatable bonds is 3. The van der Waals surface area contributed by atoms with E-state index < -0.39 is 9.76 Å². The average molecular weight is 365 g/mol. The maximum atomic E-state index is 9.55. The normalized spacial score (nSPS) is 11.7. The summed E-state index contributed by atoms with van der Waals surface area (Å²) in [5, 5.41) is 19.9. The zero-order valence-electron chi connectivity index (χ0n) is 14.0. The number of benzene rings is 3. The summed E-state index contributed by atoms with van der Waals surface area (Å²) in [6.07, 6.45) is 3.74. The maximum Gasteiger partial charge on any atom is 0.255 e. The molecule has 0 radical (unpaired) electrons. The van der Waals surface area contributed by atoms with Gasteiger partial charge in [-0.3, -0.25) is 0 Å². The average Bonchev–Trinajstić information content (AvgIpc) is 2.69. The van der Waals surface area contributed by atoms with Crippen molar-refractivity contribution in [2.24, 2.45) is 0 Å². The highest BCUT2D eigenvalue weighted by Crippen LogP contribution is 2.24. The van der Waals surface area contributed by atoms with Gasteiger partial charge in [-0.1, -0.05) is 48.5 Å². The molecule has 0 atom stereocenters. The number of nitrogens with one attached hydrogen (secondary N) is 1. The van der Waals surface area contributed by atoms with E-state index in [2.05, 4.69) is 5.48 Å². The van der Waals surface area contributed by atoms with Gasteiger partial charge in [0.2, 0.25) is 0 Å². The summed E-state index contributed by atoms with van der Waals surface area (Å²) in [7, 11) is -1.07. The molecule has 0 aromatic heterocycles. The van der Waals surface area contributed by atoms with Gasteiger partial charge in [-0.05, 0) is 30.3 Å². The molecule has 1 aliphatic heterocycles.